The van der Waals surface area contributed by atoms with Crippen LogP contribution in [0.1, 0.15) is 34.1 Å². The fraction of sp³-hybridized carbons (Fsp3) is 0.556. The summed E-state index contributed by atoms with van der Waals surface area (Å²) >= 11 is 0. The number of carbonyl (C=O) groups is 2. The Morgan fingerprint density at radius 2 is 1.58 bits per heavy atom. The van der Waals surface area contributed by atoms with Crippen molar-refractivity contribution in [3.05, 3.63) is 24.3 Å². The standard InChI is InChI=1S/C18H30N4O2/c1-5-22(6-2)13-7-12-19-14(3)18(24)21-17-10-8-16(9-11-17)20-15(4)23/h8-11,14,19H,5-7,12-13H2,1-4H3,(H,20,23)(H,21,24). The highest BCUT2D eigenvalue weighted by molar-refractivity contribution is 5.95. The number of hydrogen-bond donors (Lipinski definition) is 3. The van der Waals surface area contributed by atoms with Crippen LogP contribution >= 0.6 is 0 Å². The van der Waals surface area contributed by atoms with Crippen molar-refractivity contribution in [2.75, 3.05) is 36.8 Å². The van der Waals surface area contributed by atoms with Crippen LogP contribution in [0.5, 0.6) is 0 Å². The Morgan fingerprint density at radius 1 is 1.04 bits per heavy atom. The molecule has 1 atom stereocenters. The average Bonchev–Trinajstić information content (AvgIpc) is 2.56. The van der Waals surface area contributed by atoms with E-state index in [1.165, 1.54) is 6.92 Å². The first kappa shape index (κ1) is 20.1. The lowest BCUT2D eigenvalue weighted by Crippen LogP contribution is -2.39. The Labute approximate surface area is 145 Å². The third-order valence-electron chi connectivity index (χ3n) is 3.86. The van der Waals surface area contributed by atoms with Gasteiger partial charge >= 0.3 is 0 Å². The van der Waals surface area contributed by atoms with Gasteiger partial charge in [0.25, 0.3) is 0 Å². The Hall–Kier alpha value is -1.92. The van der Waals surface area contributed by atoms with Crippen LogP contribution < -0.4 is 16.0 Å². The van der Waals surface area contributed by atoms with Crippen molar-refractivity contribution in [2.45, 2.75) is 40.2 Å². The van der Waals surface area contributed by atoms with Crippen molar-refractivity contribution < 1.29 is 9.59 Å². The van der Waals surface area contributed by atoms with Crippen LogP contribution in [-0.2, 0) is 9.59 Å². The lowest BCUT2D eigenvalue weighted by molar-refractivity contribution is -0.117. The summed E-state index contributed by atoms with van der Waals surface area (Å²) in [4.78, 5) is 25.5. The third kappa shape index (κ3) is 7.57. The number of benzene rings is 1. The van der Waals surface area contributed by atoms with Crippen molar-refractivity contribution in [1.29, 1.82) is 0 Å². The molecule has 1 rings (SSSR count). The second kappa shape index (κ2) is 10.8. The maximum absolute atomic E-state index is 12.2. The van der Waals surface area contributed by atoms with Gasteiger partial charge in [-0.1, -0.05) is 13.8 Å². The third-order valence-corrected chi connectivity index (χ3v) is 3.86. The topological polar surface area (TPSA) is 73.5 Å². The molecule has 0 aliphatic rings. The molecule has 0 aliphatic carbocycles. The Morgan fingerprint density at radius 3 is 2.08 bits per heavy atom. The highest BCUT2D eigenvalue weighted by atomic mass is 16.2. The van der Waals surface area contributed by atoms with Crippen LogP contribution in [0.3, 0.4) is 0 Å². The molecule has 0 saturated carbocycles. The van der Waals surface area contributed by atoms with Gasteiger partial charge in [-0.15, -0.1) is 0 Å². The summed E-state index contributed by atoms with van der Waals surface area (Å²) in [6.07, 6.45) is 1.02. The van der Waals surface area contributed by atoms with Gasteiger partial charge in [0.05, 0.1) is 6.04 Å². The lowest BCUT2D eigenvalue weighted by atomic mass is 10.2. The molecule has 2 amide bonds. The first-order chi connectivity index (χ1) is 11.5. The molecule has 0 radical (unpaired) electrons. The molecular formula is C18H30N4O2. The number of carbonyl (C=O) groups excluding carboxylic acids is 2. The van der Waals surface area contributed by atoms with E-state index in [-0.39, 0.29) is 17.9 Å². The SMILES string of the molecule is CCN(CC)CCCNC(C)C(=O)Nc1ccc(NC(C)=O)cc1. The van der Waals surface area contributed by atoms with E-state index in [1.807, 2.05) is 6.92 Å². The van der Waals surface area contributed by atoms with Gasteiger partial charge in [0.15, 0.2) is 0 Å². The Bertz CT molecular complexity index is 512. The Balaban J connectivity index is 2.34. The smallest absolute Gasteiger partial charge is 0.241 e. The van der Waals surface area contributed by atoms with E-state index in [0.29, 0.717) is 11.4 Å². The van der Waals surface area contributed by atoms with E-state index < -0.39 is 0 Å². The number of rotatable bonds is 10. The van der Waals surface area contributed by atoms with Crippen LogP contribution in [0.2, 0.25) is 0 Å². The largest absolute Gasteiger partial charge is 0.326 e. The summed E-state index contributed by atoms with van der Waals surface area (Å²) in [7, 11) is 0. The van der Waals surface area contributed by atoms with Gasteiger partial charge in [-0.3, -0.25) is 9.59 Å². The van der Waals surface area contributed by atoms with E-state index >= 15 is 0 Å². The molecule has 0 aliphatic heterocycles. The number of anilines is 2. The first-order valence-electron chi connectivity index (χ1n) is 8.60. The van der Waals surface area contributed by atoms with Crippen LogP contribution in [0.15, 0.2) is 24.3 Å². The molecule has 1 unspecified atom stereocenters. The van der Waals surface area contributed by atoms with Crippen molar-refractivity contribution in [1.82, 2.24) is 10.2 Å². The van der Waals surface area contributed by atoms with Gasteiger partial charge in [-0.2, -0.15) is 0 Å². The number of nitrogens with zero attached hydrogens (tertiary/aromatic N) is 1. The zero-order valence-electron chi connectivity index (χ0n) is 15.2. The molecule has 3 N–H and O–H groups in total. The highest BCUT2D eigenvalue weighted by Crippen LogP contribution is 2.13. The molecule has 0 fully saturated rings. The van der Waals surface area contributed by atoms with E-state index in [9.17, 15) is 9.59 Å². The minimum atomic E-state index is -0.253. The number of amides is 2. The maximum Gasteiger partial charge on any atom is 0.241 e. The summed E-state index contributed by atoms with van der Waals surface area (Å²) in [5, 5.41) is 8.81. The fourth-order valence-electron chi connectivity index (χ4n) is 2.34. The minimum Gasteiger partial charge on any atom is -0.326 e. The predicted molar refractivity (Wildman–Crippen MR) is 99.2 cm³/mol. The monoisotopic (exact) mass is 334 g/mol. The zero-order valence-corrected chi connectivity index (χ0v) is 15.2. The highest BCUT2D eigenvalue weighted by Gasteiger charge is 2.12. The molecule has 0 aromatic heterocycles. The summed E-state index contributed by atoms with van der Waals surface area (Å²) in [5.41, 5.74) is 1.42. The molecule has 1 aromatic carbocycles. The van der Waals surface area contributed by atoms with Crippen molar-refractivity contribution >= 4 is 23.2 Å². The molecule has 134 valence electrons. The number of hydrogen-bond acceptors (Lipinski definition) is 4. The van der Waals surface area contributed by atoms with Crippen LogP contribution in [0.25, 0.3) is 0 Å². The van der Waals surface area contributed by atoms with Gasteiger partial charge in [-0.05, 0) is 63.8 Å². The van der Waals surface area contributed by atoms with Crippen LogP contribution in [-0.4, -0.2) is 48.9 Å². The van der Waals surface area contributed by atoms with Crippen molar-refractivity contribution in [3.8, 4) is 0 Å². The minimum absolute atomic E-state index is 0.0647. The summed E-state index contributed by atoms with van der Waals surface area (Å²) in [6, 6.07) is 6.82. The van der Waals surface area contributed by atoms with Gasteiger partial charge < -0.3 is 20.9 Å². The van der Waals surface area contributed by atoms with Crippen LogP contribution in [0, 0.1) is 0 Å². The van der Waals surface area contributed by atoms with Gasteiger partial charge in [0.1, 0.15) is 0 Å². The van der Waals surface area contributed by atoms with Gasteiger partial charge in [0.2, 0.25) is 11.8 Å². The van der Waals surface area contributed by atoms with Crippen molar-refractivity contribution in [2.24, 2.45) is 0 Å². The van der Waals surface area contributed by atoms with E-state index in [4.69, 9.17) is 0 Å². The van der Waals surface area contributed by atoms with E-state index in [0.717, 1.165) is 32.6 Å². The summed E-state index contributed by atoms with van der Waals surface area (Å²) in [6.45, 7) is 11.6. The zero-order chi connectivity index (χ0) is 17.9. The summed E-state index contributed by atoms with van der Waals surface area (Å²) in [5.74, 6) is -0.181. The molecule has 1 aromatic rings. The lowest BCUT2D eigenvalue weighted by Gasteiger charge is -2.19. The molecule has 0 spiro atoms. The second-order valence-electron chi connectivity index (χ2n) is 5.80. The first-order valence-corrected chi connectivity index (χ1v) is 8.60. The average molecular weight is 334 g/mol. The maximum atomic E-state index is 12.2. The second-order valence-corrected chi connectivity index (χ2v) is 5.80. The fourth-order valence-corrected chi connectivity index (χ4v) is 2.34. The van der Waals surface area contributed by atoms with E-state index in [1.54, 1.807) is 24.3 Å². The van der Waals surface area contributed by atoms with Gasteiger partial charge in [-0.25, -0.2) is 0 Å². The van der Waals surface area contributed by atoms with Crippen molar-refractivity contribution in [3.63, 3.8) is 0 Å². The Kier molecular flexibility index (Phi) is 9.04. The van der Waals surface area contributed by atoms with E-state index in [2.05, 4.69) is 34.7 Å². The number of nitrogens with one attached hydrogen (secondary N) is 3. The predicted octanol–water partition coefficient (Wildman–Crippen LogP) is 2.29. The van der Waals surface area contributed by atoms with Gasteiger partial charge in [0, 0.05) is 18.3 Å². The molecule has 0 saturated heterocycles. The molecule has 6 nitrogen and oxygen atoms in total. The van der Waals surface area contributed by atoms with Crippen LogP contribution in [0.4, 0.5) is 11.4 Å². The quantitative estimate of drug-likeness (QED) is 0.574. The molecule has 0 heterocycles. The molecular weight excluding hydrogens is 304 g/mol. The molecule has 24 heavy (non-hydrogen) atoms. The molecule has 6 heteroatoms. The normalized spacial score (nSPS) is 12.0. The molecule has 0 bridgehead atoms. The summed E-state index contributed by atoms with van der Waals surface area (Å²) < 4.78 is 0.